The molecule has 3 aromatic heterocycles. The summed E-state index contributed by atoms with van der Waals surface area (Å²) in [5.74, 6) is 0.805. The van der Waals surface area contributed by atoms with Gasteiger partial charge in [-0.05, 0) is 19.8 Å². The minimum Gasteiger partial charge on any atom is -0.376 e. The Kier molecular flexibility index (Phi) is 7.16. The van der Waals surface area contributed by atoms with E-state index in [1.165, 1.54) is 0 Å². The maximum Gasteiger partial charge on any atom is 0.241 e. The summed E-state index contributed by atoms with van der Waals surface area (Å²) in [6.45, 7) is 11.4. The molecule has 1 fully saturated rings. The Morgan fingerprint density at radius 3 is 2.64 bits per heavy atom. The van der Waals surface area contributed by atoms with E-state index in [0.29, 0.717) is 18.7 Å². The van der Waals surface area contributed by atoms with Gasteiger partial charge in [0, 0.05) is 49.4 Å². The van der Waals surface area contributed by atoms with E-state index >= 15 is 0 Å². The van der Waals surface area contributed by atoms with Gasteiger partial charge in [0.05, 0.1) is 36.1 Å². The van der Waals surface area contributed by atoms with E-state index in [0.717, 1.165) is 34.0 Å². The molecule has 2 N–H and O–H groups in total. The quantitative estimate of drug-likeness (QED) is 0.618. The number of hydrogen-bond acceptors (Lipinski definition) is 6. The predicted octanol–water partition coefficient (Wildman–Crippen LogP) is 3.34. The van der Waals surface area contributed by atoms with Crippen LogP contribution in [0.2, 0.25) is 0 Å². The Morgan fingerprint density at radius 1 is 1.36 bits per heavy atom. The van der Waals surface area contributed by atoms with E-state index in [2.05, 4.69) is 47.2 Å². The van der Waals surface area contributed by atoms with Gasteiger partial charge in [-0.15, -0.1) is 0 Å². The molecule has 3 aromatic rings. The van der Waals surface area contributed by atoms with Crippen molar-refractivity contribution in [3.63, 3.8) is 0 Å². The summed E-state index contributed by atoms with van der Waals surface area (Å²) in [6, 6.07) is 2.25. The molecule has 9 nitrogen and oxygen atoms in total. The molecular weight excluding hydrogens is 416 g/mol. The van der Waals surface area contributed by atoms with Gasteiger partial charge in [0.2, 0.25) is 5.91 Å². The molecule has 1 aliphatic heterocycles. The topological polar surface area (TPSA) is 116 Å². The third kappa shape index (κ3) is 5.58. The number of nitrogens with one attached hydrogen (secondary N) is 2. The van der Waals surface area contributed by atoms with Crippen molar-refractivity contribution in [1.29, 1.82) is 5.26 Å². The van der Waals surface area contributed by atoms with Crippen molar-refractivity contribution >= 4 is 22.8 Å². The number of aromatic nitrogens is 5. The monoisotopic (exact) mass is 448 g/mol. The van der Waals surface area contributed by atoms with Crippen LogP contribution in [0, 0.1) is 22.7 Å². The van der Waals surface area contributed by atoms with Crippen LogP contribution < -0.4 is 5.32 Å². The summed E-state index contributed by atoms with van der Waals surface area (Å²) in [5.41, 5.74) is 4.23. The second-order valence-corrected chi connectivity index (χ2v) is 9.27. The molecule has 33 heavy (non-hydrogen) atoms. The van der Waals surface area contributed by atoms with E-state index in [4.69, 9.17) is 10.2 Å². The molecule has 0 aromatic carbocycles. The van der Waals surface area contributed by atoms with Crippen molar-refractivity contribution in [3.8, 4) is 17.3 Å². The van der Waals surface area contributed by atoms with Crippen LogP contribution in [-0.2, 0) is 11.8 Å². The molecule has 0 radical (unpaired) electrons. The molecule has 0 spiro atoms. The van der Waals surface area contributed by atoms with Gasteiger partial charge in [-0.3, -0.25) is 9.48 Å². The Bertz CT molecular complexity index is 1190. The number of fused-ring (bicyclic) bond motifs is 1. The van der Waals surface area contributed by atoms with Crippen molar-refractivity contribution < 1.29 is 4.79 Å². The van der Waals surface area contributed by atoms with Crippen LogP contribution in [0.15, 0.2) is 30.9 Å². The van der Waals surface area contributed by atoms with Gasteiger partial charge < -0.3 is 15.2 Å². The van der Waals surface area contributed by atoms with Crippen molar-refractivity contribution in [2.75, 3.05) is 19.6 Å². The van der Waals surface area contributed by atoms with Crippen LogP contribution in [0.3, 0.4) is 0 Å². The Balaban J connectivity index is 0.000000709. The first kappa shape index (κ1) is 24.0. The highest BCUT2D eigenvalue weighted by atomic mass is 16.2. The Morgan fingerprint density at radius 2 is 2.06 bits per heavy atom. The first-order valence-electron chi connectivity index (χ1n) is 11.1. The van der Waals surface area contributed by atoms with Crippen molar-refractivity contribution in [2.24, 2.45) is 18.4 Å². The van der Waals surface area contributed by atoms with Gasteiger partial charge in [0.25, 0.3) is 0 Å². The number of rotatable bonds is 5. The largest absolute Gasteiger partial charge is 0.376 e. The van der Waals surface area contributed by atoms with Gasteiger partial charge in [0.1, 0.15) is 5.52 Å². The number of hydrogen-bond donors (Lipinski definition) is 2. The van der Waals surface area contributed by atoms with Gasteiger partial charge in [-0.2, -0.15) is 10.4 Å². The summed E-state index contributed by atoms with van der Waals surface area (Å²) >= 11 is 0. The van der Waals surface area contributed by atoms with E-state index < -0.39 is 5.41 Å². The number of H-pyrrole nitrogens is 1. The van der Waals surface area contributed by atoms with Crippen LogP contribution in [0.1, 0.15) is 40.2 Å². The van der Waals surface area contributed by atoms with E-state index in [1.807, 2.05) is 39.4 Å². The number of aryl methyl sites for hydroxylation is 1. The third-order valence-electron chi connectivity index (χ3n) is 5.09. The summed E-state index contributed by atoms with van der Waals surface area (Å²) in [5, 5.41) is 16.5. The summed E-state index contributed by atoms with van der Waals surface area (Å²) in [6.07, 6.45) is 9.09. The lowest BCUT2D eigenvalue weighted by Crippen LogP contribution is -2.57. The van der Waals surface area contributed by atoms with E-state index in [9.17, 15) is 4.79 Å². The lowest BCUT2D eigenvalue weighted by Gasteiger charge is -2.43. The van der Waals surface area contributed by atoms with Gasteiger partial charge in [-0.25, -0.2) is 9.97 Å². The molecule has 4 heterocycles. The molecule has 174 valence electrons. The Hall–Kier alpha value is -3.67. The lowest BCUT2D eigenvalue weighted by molar-refractivity contribution is -0.138. The summed E-state index contributed by atoms with van der Waals surface area (Å²) in [4.78, 5) is 26.4. The lowest BCUT2D eigenvalue weighted by atomic mass is 9.84. The van der Waals surface area contributed by atoms with Crippen LogP contribution in [0.25, 0.3) is 28.1 Å². The number of amides is 1. The molecule has 0 aliphatic carbocycles. The summed E-state index contributed by atoms with van der Waals surface area (Å²) in [7, 11) is 1.85. The predicted molar refractivity (Wildman–Crippen MR) is 129 cm³/mol. The first-order valence-corrected chi connectivity index (χ1v) is 11.1. The fraction of sp³-hybridized carbons (Fsp3) is 0.458. The van der Waals surface area contributed by atoms with Gasteiger partial charge >= 0.3 is 0 Å². The van der Waals surface area contributed by atoms with Crippen LogP contribution in [0.4, 0.5) is 0 Å². The first-order chi connectivity index (χ1) is 15.7. The number of carbonyl (C=O) groups excluding carboxylic acids is 1. The number of allylic oxidation sites excluding steroid dienone is 1. The maximum atomic E-state index is 12.4. The number of nitriles is 1. The average molecular weight is 449 g/mol. The van der Waals surface area contributed by atoms with Crippen LogP contribution >= 0.6 is 0 Å². The van der Waals surface area contributed by atoms with Crippen molar-refractivity contribution in [3.05, 3.63) is 36.4 Å². The number of nitrogens with zero attached hydrogens (tertiary/aromatic N) is 6. The molecule has 9 heteroatoms. The maximum absolute atomic E-state index is 12.4. The number of likely N-dealkylation sites (tertiary alicyclic amines) is 1. The number of carbonyl (C=O) groups is 1. The Labute approximate surface area is 194 Å². The van der Waals surface area contributed by atoms with Crippen LogP contribution in [-0.4, -0.2) is 55.2 Å². The highest BCUT2D eigenvalue weighted by Crippen LogP contribution is 2.29. The van der Waals surface area contributed by atoms with Gasteiger partial charge in [0.15, 0.2) is 5.65 Å². The van der Waals surface area contributed by atoms with Crippen molar-refractivity contribution in [2.45, 2.75) is 34.6 Å². The SMILES string of the molecule is CC(C)C.CC=C(NCC(=O)N1CC(C)(C#N)C1)c1c[nH]c2ncc(-c3cnn(C)c3)nc12. The van der Waals surface area contributed by atoms with Gasteiger partial charge in [-0.1, -0.05) is 26.8 Å². The minimum absolute atomic E-state index is 0.0287. The summed E-state index contributed by atoms with van der Waals surface area (Å²) < 4.78 is 1.72. The second-order valence-electron chi connectivity index (χ2n) is 9.27. The van der Waals surface area contributed by atoms with E-state index in [1.54, 1.807) is 22.0 Å². The molecule has 1 saturated heterocycles. The standard InChI is InChI=1S/C20H22N8O.C4H10/c1-4-15(22-8-17(29)28-11-20(2,10-21)12-28)14-6-23-19-18(14)26-16(7-24-19)13-5-25-27(3)9-13;1-4(2)3/h4-7,9,22H,8,11-12H2,1-3H3,(H,23,24);4H,1-3H3. The normalized spacial score (nSPS) is 15.0. The molecule has 0 atom stereocenters. The second kappa shape index (κ2) is 9.86. The zero-order valence-corrected chi connectivity index (χ0v) is 20.2. The highest BCUT2D eigenvalue weighted by molar-refractivity contribution is 5.89. The molecule has 1 amide bonds. The smallest absolute Gasteiger partial charge is 0.241 e. The van der Waals surface area contributed by atoms with Crippen molar-refractivity contribution in [1.82, 2.24) is 34.9 Å². The fourth-order valence-corrected chi connectivity index (χ4v) is 3.47. The zero-order chi connectivity index (χ0) is 24.2. The third-order valence-corrected chi connectivity index (χ3v) is 5.09. The minimum atomic E-state index is -0.422. The molecule has 0 unspecified atom stereocenters. The zero-order valence-electron chi connectivity index (χ0n) is 20.2. The van der Waals surface area contributed by atoms with Crippen LogP contribution in [0.5, 0.6) is 0 Å². The molecule has 4 rings (SSSR count). The molecule has 1 aliphatic rings. The average Bonchev–Trinajstić information content (AvgIpc) is 3.37. The molecular formula is C24H32N8O. The molecule has 0 saturated carbocycles. The molecule has 0 bridgehead atoms. The fourth-order valence-electron chi connectivity index (χ4n) is 3.47. The number of aromatic amines is 1. The van der Waals surface area contributed by atoms with E-state index in [-0.39, 0.29) is 12.5 Å². The highest BCUT2D eigenvalue weighted by Gasteiger charge is 2.41.